The van der Waals surface area contributed by atoms with Crippen LogP contribution in [0.1, 0.15) is 24.1 Å². The Labute approximate surface area is 188 Å². The fraction of sp³-hybridized carbons (Fsp3) is 0.208. The predicted octanol–water partition coefficient (Wildman–Crippen LogP) is 2.61. The number of rotatable bonds is 4. The first-order valence-electron chi connectivity index (χ1n) is 9.94. The number of methoxy groups -OCH3 is 1. The Morgan fingerprint density at radius 3 is 2.41 bits per heavy atom. The van der Waals surface area contributed by atoms with Gasteiger partial charge in [-0.05, 0) is 48.4 Å². The largest absolute Gasteiger partial charge is 0.466 e. The summed E-state index contributed by atoms with van der Waals surface area (Å²) in [7, 11) is 5.21. The Bertz CT molecular complexity index is 1380. The van der Waals surface area contributed by atoms with E-state index in [0.717, 1.165) is 11.3 Å². The average molecular weight is 452 g/mol. The van der Waals surface area contributed by atoms with Gasteiger partial charge in [-0.2, -0.15) is 0 Å². The molecule has 0 amide bonds. The van der Waals surface area contributed by atoms with Gasteiger partial charge in [-0.25, -0.2) is 14.2 Å². The zero-order valence-corrected chi connectivity index (χ0v) is 18.9. The van der Waals surface area contributed by atoms with Crippen molar-refractivity contribution in [3.05, 3.63) is 96.4 Å². The average Bonchev–Trinajstić information content (AvgIpc) is 3.08. The third kappa shape index (κ3) is 3.89. The molecule has 0 radical (unpaired) electrons. The monoisotopic (exact) mass is 451 g/mol. The molecule has 0 spiro atoms. The van der Waals surface area contributed by atoms with E-state index in [-0.39, 0.29) is 11.1 Å². The maximum atomic E-state index is 13.6. The highest BCUT2D eigenvalue weighted by Crippen LogP contribution is 2.30. The van der Waals surface area contributed by atoms with Crippen LogP contribution in [0.5, 0.6) is 0 Å². The minimum atomic E-state index is -0.752. The van der Waals surface area contributed by atoms with Gasteiger partial charge in [0.25, 0.3) is 5.56 Å². The zero-order valence-electron chi connectivity index (χ0n) is 18.1. The molecule has 1 aliphatic heterocycles. The molecule has 32 heavy (non-hydrogen) atoms. The number of thiazole rings is 1. The third-order valence-electron chi connectivity index (χ3n) is 5.32. The van der Waals surface area contributed by atoms with Crippen molar-refractivity contribution in [2.45, 2.75) is 13.0 Å². The molecule has 2 heterocycles. The Balaban J connectivity index is 1.91. The second kappa shape index (κ2) is 8.55. The van der Waals surface area contributed by atoms with E-state index in [4.69, 9.17) is 4.74 Å². The van der Waals surface area contributed by atoms with Crippen molar-refractivity contribution in [1.29, 1.82) is 0 Å². The maximum Gasteiger partial charge on any atom is 0.338 e. The minimum absolute atomic E-state index is 0.258. The Morgan fingerprint density at radius 1 is 1.16 bits per heavy atom. The van der Waals surface area contributed by atoms with Crippen LogP contribution in [0.15, 0.2) is 69.6 Å². The van der Waals surface area contributed by atoms with Crippen molar-refractivity contribution in [3.63, 3.8) is 0 Å². The summed E-state index contributed by atoms with van der Waals surface area (Å²) in [6.07, 6.45) is 1.81. The van der Waals surface area contributed by atoms with E-state index in [2.05, 4.69) is 4.99 Å². The molecule has 4 rings (SSSR count). The van der Waals surface area contributed by atoms with Gasteiger partial charge in [0.2, 0.25) is 0 Å². The third-order valence-corrected chi connectivity index (χ3v) is 6.30. The Morgan fingerprint density at radius 2 is 1.81 bits per heavy atom. The fourth-order valence-corrected chi connectivity index (χ4v) is 4.72. The number of carbonyl (C=O) groups excluding carboxylic acids is 1. The van der Waals surface area contributed by atoms with E-state index in [9.17, 15) is 14.0 Å². The molecule has 164 valence electrons. The van der Waals surface area contributed by atoms with Crippen molar-refractivity contribution in [2.24, 2.45) is 4.99 Å². The number of hydrogen-bond acceptors (Lipinski definition) is 6. The second-order valence-corrected chi connectivity index (χ2v) is 8.62. The van der Waals surface area contributed by atoms with E-state index in [1.807, 2.05) is 49.3 Å². The van der Waals surface area contributed by atoms with E-state index >= 15 is 0 Å². The van der Waals surface area contributed by atoms with E-state index in [1.54, 1.807) is 19.1 Å². The number of nitrogens with zero attached hydrogens (tertiary/aromatic N) is 3. The van der Waals surface area contributed by atoms with Crippen molar-refractivity contribution in [3.8, 4) is 0 Å². The second-order valence-electron chi connectivity index (χ2n) is 7.61. The van der Waals surface area contributed by atoms with E-state index in [1.165, 1.54) is 35.1 Å². The maximum absolute atomic E-state index is 13.6. The summed E-state index contributed by atoms with van der Waals surface area (Å²) < 4.78 is 20.5. The molecule has 2 aromatic carbocycles. The van der Waals surface area contributed by atoms with Crippen molar-refractivity contribution >= 4 is 29.1 Å². The van der Waals surface area contributed by atoms with Crippen LogP contribution in [0, 0.1) is 5.82 Å². The lowest BCUT2D eigenvalue weighted by atomic mass is 9.96. The van der Waals surface area contributed by atoms with Gasteiger partial charge in [0, 0.05) is 19.8 Å². The van der Waals surface area contributed by atoms with Gasteiger partial charge in [0.15, 0.2) is 4.80 Å². The zero-order chi connectivity index (χ0) is 23.0. The standard InChI is InChI=1S/C24H22FN3O3S/c1-14-20(23(30)31-4)21(16-7-9-17(25)10-8-16)28-22(29)19(32-24(28)26-14)13-15-5-11-18(12-6-15)27(2)3/h5-13,21H,1-4H3/b19-13-. The van der Waals surface area contributed by atoms with Crippen molar-refractivity contribution in [1.82, 2.24) is 4.57 Å². The number of aromatic nitrogens is 1. The summed E-state index contributed by atoms with van der Waals surface area (Å²) in [5.74, 6) is -0.975. The number of ether oxygens (including phenoxy) is 1. The molecule has 3 aromatic rings. The highest BCUT2D eigenvalue weighted by Gasteiger charge is 2.33. The van der Waals surface area contributed by atoms with Gasteiger partial charge in [-0.1, -0.05) is 35.6 Å². The molecular weight excluding hydrogens is 429 g/mol. The number of carbonyl (C=O) groups is 1. The van der Waals surface area contributed by atoms with Gasteiger partial charge >= 0.3 is 5.97 Å². The molecule has 0 saturated heterocycles. The molecule has 6 nitrogen and oxygen atoms in total. The smallest absolute Gasteiger partial charge is 0.338 e. The van der Waals surface area contributed by atoms with Crippen LogP contribution in [-0.2, 0) is 9.53 Å². The molecular formula is C24H22FN3O3S. The summed E-state index contributed by atoms with van der Waals surface area (Å²) in [5, 5.41) is 0. The molecule has 1 atom stereocenters. The molecule has 8 heteroatoms. The summed E-state index contributed by atoms with van der Waals surface area (Å²) in [6, 6.07) is 12.8. The molecule has 1 unspecified atom stereocenters. The van der Waals surface area contributed by atoms with Gasteiger partial charge in [-0.3, -0.25) is 9.36 Å². The molecule has 1 aliphatic rings. The van der Waals surface area contributed by atoms with Crippen LogP contribution in [0.4, 0.5) is 10.1 Å². The number of benzene rings is 2. The van der Waals surface area contributed by atoms with Crippen LogP contribution in [-0.4, -0.2) is 31.7 Å². The number of fused-ring (bicyclic) bond motifs is 1. The van der Waals surface area contributed by atoms with Crippen LogP contribution in [0.25, 0.3) is 6.08 Å². The Hall–Kier alpha value is -3.52. The van der Waals surface area contributed by atoms with Gasteiger partial charge in [0.1, 0.15) is 5.82 Å². The van der Waals surface area contributed by atoms with Gasteiger partial charge in [-0.15, -0.1) is 0 Å². The number of hydrogen-bond donors (Lipinski definition) is 0. The van der Waals surface area contributed by atoms with Crippen LogP contribution in [0.3, 0.4) is 0 Å². The highest BCUT2D eigenvalue weighted by atomic mass is 32.1. The first-order chi connectivity index (χ1) is 15.3. The van der Waals surface area contributed by atoms with Gasteiger partial charge in [0.05, 0.1) is 29.0 Å². The lowest BCUT2D eigenvalue weighted by Crippen LogP contribution is -2.39. The van der Waals surface area contributed by atoms with E-state index in [0.29, 0.717) is 20.6 Å². The number of anilines is 1. The van der Waals surface area contributed by atoms with Gasteiger partial charge < -0.3 is 9.64 Å². The van der Waals surface area contributed by atoms with Crippen LogP contribution >= 0.6 is 11.3 Å². The quantitative estimate of drug-likeness (QED) is 0.572. The Kier molecular flexibility index (Phi) is 5.80. The number of esters is 1. The highest BCUT2D eigenvalue weighted by molar-refractivity contribution is 7.07. The predicted molar refractivity (Wildman–Crippen MR) is 123 cm³/mol. The first-order valence-corrected chi connectivity index (χ1v) is 10.8. The lowest BCUT2D eigenvalue weighted by Gasteiger charge is -2.24. The number of allylic oxidation sites excluding steroid dienone is 1. The molecule has 0 bridgehead atoms. The molecule has 0 aliphatic carbocycles. The summed E-state index contributed by atoms with van der Waals surface area (Å²) >= 11 is 1.25. The molecule has 0 saturated carbocycles. The summed E-state index contributed by atoms with van der Waals surface area (Å²) in [6.45, 7) is 1.71. The van der Waals surface area contributed by atoms with Crippen LogP contribution < -0.4 is 19.8 Å². The number of halogens is 1. The minimum Gasteiger partial charge on any atom is -0.466 e. The first kappa shape index (κ1) is 21.7. The normalized spacial score (nSPS) is 15.9. The fourth-order valence-electron chi connectivity index (χ4n) is 3.67. The molecule has 1 aromatic heterocycles. The molecule has 0 N–H and O–H groups in total. The van der Waals surface area contributed by atoms with E-state index < -0.39 is 17.8 Å². The summed E-state index contributed by atoms with van der Waals surface area (Å²) in [5.41, 5.74) is 2.99. The van der Waals surface area contributed by atoms with Crippen molar-refractivity contribution < 1.29 is 13.9 Å². The van der Waals surface area contributed by atoms with Crippen molar-refractivity contribution in [2.75, 3.05) is 26.1 Å². The molecule has 0 fully saturated rings. The lowest BCUT2D eigenvalue weighted by molar-refractivity contribution is -0.136. The summed E-state index contributed by atoms with van der Waals surface area (Å²) in [4.78, 5) is 33.0. The SMILES string of the molecule is COC(=O)C1=C(C)N=c2s/c(=C\c3ccc(N(C)C)cc3)c(=O)n2C1c1ccc(F)cc1. The topological polar surface area (TPSA) is 63.9 Å². The van der Waals surface area contributed by atoms with Crippen LogP contribution in [0.2, 0.25) is 0 Å².